The van der Waals surface area contributed by atoms with Gasteiger partial charge in [0.2, 0.25) is 0 Å². The Hall–Kier alpha value is -0.120. The fraction of sp³-hybridized carbons (Fsp3) is 0.857. The van der Waals surface area contributed by atoms with Gasteiger partial charge in [-0.25, -0.2) is 0 Å². The predicted molar refractivity (Wildman–Crippen MR) is 36.2 cm³/mol. The average molecular weight is 145 g/mol. The van der Waals surface area contributed by atoms with Crippen LogP contribution in [0.2, 0.25) is 0 Å². The summed E-state index contributed by atoms with van der Waals surface area (Å²) in [5, 5.41) is 0. The van der Waals surface area contributed by atoms with E-state index in [2.05, 4.69) is 0 Å². The Labute approximate surface area is 61.3 Å². The van der Waals surface area contributed by atoms with Crippen molar-refractivity contribution < 1.29 is 14.2 Å². The minimum Gasteiger partial charge on any atom is -0.370 e. The Morgan fingerprint density at radius 3 is 2.40 bits per heavy atom. The minimum atomic E-state index is -0.585. The Morgan fingerprint density at radius 2 is 2.10 bits per heavy atom. The average Bonchev–Trinajstić information content (AvgIpc) is 2.06. The van der Waals surface area contributed by atoms with Gasteiger partial charge in [0.15, 0.2) is 5.79 Å². The monoisotopic (exact) mass is 145 g/mol. The summed E-state index contributed by atoms with van der Waals surface area (Å²) in [6.07, 6.45) is 1.86. The predicted octanol–water partition coefficient (Wildman–Crippen LogP) is 0.948. The molecule has 59 valence electrons. The van der Waals surface area contributed by atoms with Crippen molar-refractivity contribution in [2.45, 2.75) is 18.6 Å². The lowest BCUT2D eigenvalue weighted by Crippen LogP contribution is -2.38. The summed E-state index contributed by atoms with van der Waals surface area (Å²) in [5.41, 5.74) is 0. The molecule has 1 radical (unpaired) electrons. The molecule has 1 saturated heterocycles. The Balaban J connectivity index is 2.44. The molecule has 3 nitrogen and oxygen atoms in total. The maximum Gasteiger partial charge on any atom is 0.197 e. The van der Waals surface area contributed by atoms with Crippen molar-refractivity contribution in [1.29, 1.82) is 0 Å². The molecule has 0 unspecified atom stereocenters. The molecular weight excluding hydrogens is 132 g/mol. The van der Waals surface area contributed by atoms with E-state index in [4.69, 9.17) is 14.2 Å². The van der Waals surface area contributed by atoms with Crippen LogP contribution in [0.4, 0.5) is 0 Å². The van der Waals surface area contributed by atoms with Gasteiger partial charge in [-0.1, -0.05) is 0 Å². The van der Waals surface area contributed by atoms with Gasteiger partial charge in [-0.3, -0.25) is 0 Å². The normalized spacial score (nSPS) is 24.6. The van der Waals surface area contributed by atoms with Gasteiger partial charge in [0, 0.05) is 27.2 Å². The fourth-order valence-electron chi connectivity index (χ4n) is 1.03. The largest absolute Gasteiger partial charge is 0.370 e. The van der Waals surface area contributed by atoms with Crippen molar-refractivity contribution in [2.24, 2.45) is 0 Å². The molecule has 0 amide bonds. The van der Waals surface area contributed by atoms with Gasteiger partial charge in [-0.05, 0) is 6.42 Å². The third-order valence-corrected chi connectivity index (χ3v) is 1.74. The summed E-state index contributed by atoms with van der Waals surface area (Å²) < 4.78 is 15.3. The molecule has 1 aliphatic rings. The molecule has 0 atom stereocenters. The van der Waals surface area contributed by atoms with Gasteiger partial charge >= 0.3 is 0 Å². The third-order valence-electron chi connectivity index (χ3n) is 1.74. The van der Waals surface area contributed by atoms with Crippen molar-refractivity contribution in [3.63, 3.8) is 0 Å². The zero-order valence-corrected chi connectivity index (χ0v) is 6.42. The van der Waals surface area contributed by atoms with Crippen LogP contribution in [-0.4, -0.2) is 26.6 Å². The van der Waals surface area contributed by atoms with Crippen LogP contribution >= 0.6 is 0 Å². The van der Waals surface area contributed by atoms with Crippen LogP contribution in [0.3, 0.4) is 0 Å². The van der Waals surface area contributed by atoms with Gasteiger partial charge < -0.3 is 14.2 Å². The van der Waals surface area contributed by atoms with Gasteiger partial charge in [0.1, 0.15) is 6.61 Å². The molecule has 0 aromatic heterocycles. The molecule has 3 heteroatoms. The first-order chi connectivity index (χ1) is 4.83. The van der Waals surface area contributed by atoms with E-state index in [0.717, 1.165) is 19.4 Å². The molecule has 0 N–H and O–H groups in total. The quantitative estimate of drug-likeness (QED) is 0.541. The van der Waals surface area contributed by atoms with Crippen molar-refractivity contribution in [1.82, 2.24) is 0 Å². The molecule has 1 aliphatic heterocycles. The van der Waals surface area contributed by atoms with E-state index in [1.165, 1.54) is 0 Å². The van der Waals surface area contributed by atoms with Crippen molar-refractivity contribution in [2.75, 3.05) is 20.8 Å². The van der Waals surface area contributed by atoms with Gasteiger partial charge in [-0.2, -0.15) is 0 Å². The Kier molecular flexibility index (Phi) is 2.65. The first-order valence-electron chi connectivity index (χ1n) is 3.39. The summed E-state index contributed by atoms with van der Waals surface area (Å²) in [6.45, 7) is 2.39. The highest BCUT2D eigenvalue weighted by atomic mass is 16.7. The molecule has 1 heterocycles. The van der Waals surface area contributed by atoms with Crippen LogP contribution in [0.25, 0.3) is 0 Å². The van der Waals surface area contributed by atoms with Crippen molar-refractivity contribution >= 4 is 0 Å². The zero-order valence-electron chi connectivity index (χ0n) is 6.42. The summed E-state index contributed by atoms with van der Waals surface area (Å²) in [4.78, 5) is 0. The topological polar surface area (TPSA) is 27.7 Å². The highest BCUT2D eigenvalue weighted by Gasteiger charge is 2.32. The molecule has 0 aromatic rings. The molecule has 0 spiro atoms. The second kappa shape index (κ2) is 3.32. The standard InChI is InChI=1S/C7H13O3/c1-8-7(9-2)4-3-5-10-6-7/h6H,3-5H2,1-2H3. The summed E-state index contributed by atoms with van der Waals surface area (Å²) in [5.74, 6) is -0.585. The summed E-state index contributed by atoms with van der Waals surface area (Å²) in [6, 6.07) is 0. The number of hydrogen-bond acceptors (Lipinski definition) is 3. The van der Waals surface area contributed by atoms with E-state index >= 15 is 0 Å². The Bertz CT molecular complexity index is 91.0. The van der Waals surface area contributed by atoms with E-state index in [9.17, 15) is 0 Å². The summed E-state index contributed by atoms with van der Waals surface area (Å²) in [7, 11) is 3.24. The fourth-order valence-corrected chi connectivity index (χ4v) is 1.03. The number of methoxy groups -OCH3 is 2. The van der Waals surface area contributed by atoms with Gasteiger partial charge in [0.25, 0.3) is 0 Å². The molecule has 0 bridgehead atoms. The van der Waals surface area contributed by atoms with Gasteiger partial charge in [-0.15, -0.1) is 0 Å². The maximum atomic E-state index is 5.13. The van der Waals surface area contributed by atoms with Gasteiger partial charge in [0.05, 0.1) is 0 Å². The van der Waals surface area contributed by atoms with Crippen molar-refractivity contribution in [3.8, 4) is 0 Å². The van der Waals surface area contributed by atoms with Crippen LogP contribution in [0.5, 0.6) is 0 Å². The smallest absolute Gasteiger partial charge is 0.197 e. The minimum absolute atomic E-state index is 0.585. The van der Waals surface area contributed by atoms with E-state index in [1.807, 2.05) is 0 Å². The van der Waals surface area contributed by atoms with E-state index < -0.39 is 5.79 Å². The van der Waals surface area contributed by atoms with Crippen LogP contribution in [-0.2, 0) is 14.2 Å². The first kappa shape index (κ1) is 7.98. The van der Waals surface area contributed by atoms with Crippen molar-refractivity contribution in [3.05, 3.63) is 6.61 Å². The summed E-state index contributed by atoms with van der Waals surface area (Å²) >= 11 is 0. The van der Waals surface area contributed by atoms with Crippen LogP contribution < -0.4 is 0 Å². The second-order valence-corrected chi connectivity index (χ2v) is 2.31. The lowest BCUT2D eigenvalue weighted by Gasteiger charge is -2.33. The van der Waals surface area contributed by atoms with E-state index in [0.29, 0.717) is 0 Å². The number of rotatable bonds is 2. The molecule has 1 fully saturated rings. The van der Waals surface area contributed by atoms with Crippen LogP contribution in [0, 0.1) is 6.61 Å². The van der Waals surface area contributed by atoms with E-state index in [-0.39, 0.29) is 0 Å². The third kappa shape index (κ3) is 1.48. The number of ether oxygens (including phenoxy) is 3. The molecular formula is C7H13O3. The zero-order chi connectivity index (χ0) is 7.45. The SMILES string of the molecule is COC1(OC)[CH]OCCC1. The Morgan fingerprint density at radius 1 is 1.40 bits per heavy atom. The van der Waals surface area contributed by atoms with Crippen LogP contribution in [0.1, 0.15) is 12.8 Å². The molecule has 10 heavy (non-hydrogen) atoms. The second-order valence-electron chi connectivity index (χ2n) is 2.31. The highest BCUT2D eigenvalue weighted by Crippen LogP contribution is 2.26. The lowest BCUT2D eigenvalue weighted by molar-refractivity contribution is -0.227. The van der Waals surface area contributed by atoms with Crippen LogP contribution in [0.15, 0.2) is 0 Å². The molecule has 1 rings (SSSR count). The molecule has 0 aliphatic carbocycles. The number of hydrogen-bond donors (Lipinski definition) is 0. The lowest BCUT2D eigenvalue weighted by atomic mass is 10.1. The highest BCUT2D eigenvalue weighted by molar-refractivity contribution is 4.82. The molecule has 0 saturated carbocycles. The molecule has 0 aromatic carbocycles. The maximum absolute atomic E-state index is 5.13. The van der Waals surface area contributed by atoms with E-state index in [1.54, 1.807) is 20.8 Å². The first-order valence-corrected chi connectivity index (χ1v) is 3.39.